The van der Waals surface area contributed by atoms with Gasteiger partial charge in [0.15, 0.2) is 0 Å². The SMILES string of the molecule is COC(=O)[C@@H]1Cc2c([nH]c3ccccc23)[C@H]2CC(=O)C[C@@H](c3ccc(Cl)cc3)N21. The quantitative estimate of drug-likeness (QED) is 0.640. The van der Waals surface area contributed by atoms with Crippen molar-refractivity contribution >= 4 is 34.3 Å². The normalized spacial score (nSPS) is 24.2. The number of nitrogens with one attached hydrogen (secondary N) is 1. The van der Waals surface area contributed by atoms with Gasteiger partial charge in [-0.25, -0.2) is 0 Å². The summed E-state index contributed by atoms with van der Waals surface area (Å²) in [5.41, 5.74) is 4.17. The average molecular weight is 409 g/mol. The first-order valence-corrected chi connectivity index (χ1v) is 10.2. The van der Waals surface area contributed by atoms with E-state index in [1.54, 1.807) is 0 Å². The van der Waals surface area contributed by atoms with E-state index in [0.29, 0.717) is 24.3 Å². The molecule has 0 radical (unpaired) electrons. The number of aromatic amines is 1. The molecule has 2 aliphatic heterocycles. The lowest BCUT2D eigenvalue weighted by Crippen LogP contribution is -2.53. The molecule has 1 aromatic heterocycles. The Balaban J connectivity index is 1.68. The summed E-state index contributed by atoms with van der Waals surface area (Å²) in [5, 5.41) is 1.76. The van der Waals surface area contributed by atoms with Crippen LogP contribution in [0.3, 0.4) is 0 Å². The number of esters is 1. The number of para-hydroxylation sites is 1. The minimum absolute atomic E-state index is 0.183. The average Bonchev–Trinajstić information content (AvgIpc) is 3.11. The van der Waals surface area contributed by atoms with Crippen molar-refractivity contribution in [2.75, 3.05) is 7.11 Å². The van der Waals surface area contributed by atoms with Crippen molar-refractivity contribution in [2.24, 2.45) is 0 Å². The van der Waals surface area contributed by atoms with Crippen LogP contribution in [-0.4, -0.2) is 34.8 Å². The molecule has 6 heteroatoms. The maximum atomic E-state index is 12.8. The number of halogens is 1. The molecule has 29 heavy (non-hydrogen) atoms. The third kappa shape index (κ3) is 2.96. The molecule has 0 saturated carbocycles. The number of ether oxygens (including phenoxy) is 1. The zero-order valence-electron chi connectivity index (χ0n) is 16.0. The third-order valence-electron chi connectivity index (χ3n) is 6.23. The van der Waals surface area contributed by atoms with Crippen LogP contribution in [0.15, 0.2) is 48.5 Å². The van der Waals surface area contributed by atoms with Crippen LogP contribution in [0.4, 0.5) is 0 Å². The molecule has 1 saturated heterocycles. The van der Waals surface area contributed by atoms with Gasteiger partial charge >= 0.3 is 5.97 Å². The molecule has 0 spiro atoms. The summed E-state index contributed by atoms with van der Waals surface area (Å²) in [6.45, 7) is 0. The first-order valence-electron chi connectivity index (χ1n) is 9.78. The Kier molecular flexibility index (Phi) is 4.45. The number of carbonyl (C=O) groups excluding carboxylic acids is 2. The molecule has 3 aromatic rings. The number of rotatable bonds is 2. The lowest BCUT2D eigenvalue weighted by molar-refractivity contribution is -0.153. The molecule has 5 nitrogen and oxygen atoms in total. The van der Waals surface area contributed by atoms with E-state index in [4.69, 9.17) is 16.3 Å². The Labute approximate surface area is 173 Å². The second-order valence-corrected chi connectivity index (χ2v) is 8.22. The molecule has 1 N–H and O–H groups in total. The van der Waals surface area contributed by atoms with Crippen molar-refractivity contribution in [3.05, 3.63) is 70.4 Å². The van der Waals surface area contributed by atoms with E-state index in [9.17, 15) is 9.59 Å². The van der Waals surface area contributed by atoms with Gasteiger partial charge in [-0.2, -0.15) is 0 Å². The van der Waals surface area contributed by atoms with Gasteiger partial charge in [-0.1, -0.05) is 41.9 Å². The van der Waals surface area contributed by atoms with Gasteiger partial charge in [0, 0.05) is 46.9 Å². The van der Waals surface area contributed by atoms with E-state index < -0.39 is 6.04 Å². The molecule has 0 aliphatic carbocycles. The minimum atomic E-state index is -0.439. The second kappa shape index (κ2) is 7.01. The molecule has 2 aliphatic rings. The molecule has 3 atom stereocenters. The molecule has 148 valence electrons. The second-order valence-electron chi connectivity index (χ2n) is 7.78. The Morgan fingerprint density at radius 2 is 1.79 bits per heavy atom. The number of nitrogens with zero attached hydrogens (tertiary/aromatic N) is 1. The van der Waals surface area contributed by atoms with Gasteiger partial charge in [-0.3, -0.25) is 14.5 Å². The van der Waals surface area contributed by atoms with E-state index >= 15 is 0 Å². The number of H-pyrrole nitrogens is 1. The number of ketones is 1. The molecule has 1 fully saturated rings. The summed E-state index contributed by atoms with van der Waals surface area (Å²) in [6, 6.07) is 14.8. The van der Waals surface area contributed by atoms with Crippen LogP contribution in [0, 0.1) is 0 Å². The van der Waals surface area contributed by atoms with Gasteiger partial charge in [0.1, 0.15) is 11.8 Å². The van der Waals surface area contributed by atoms with Crippen molar-refractivity contribution in [2.45, 2.75) is 37.4 Å². The van der Waals surface area contributed by atoms with Gasteiger partial charge in [-0.05, 0) is 29.3 Å². The number of methoxy groups -OCH3 is 1. The van der Waals surface area contributed by atoms with Gasteiger partial charge < -0.3 is 9.72 Å². The van der Waals surface area contributed by atoms with E-state index in [1.165, 1.54) is 7.11 Å². The molecule has 0 bridgehead atoms. The van der Waals surface area contributed by atoms with E-state index in [1.807, 2.05) is 42.5 Å². The first kappa shape index (κ1) is 18.4. The van der Waals surface area contributed by atoms with Gasteiger partial charge in [0.05, 0.1) is 13.2 Å². The summed E-state index contributed by atoms with van der Waals surface area (Å²) in [4.78, 5) is 31.3. The number of fused-ring (bicyclic) bond motifs is 5. The minimum Gasteiger partial charge on any atom is -0.468 e. The van der Waals surface area contributed by atoms with Crippen LogP contribution in [0.5, 0.6) is 0 Å². The lowest BCUT2D eigenvalue weighted by Gasteiger charge is -2.47. The maximum Gasteiger partial charge on any atom is 0.323 e. The number of aromatic nitrogens is 1. The lowest BCUT2D eigenvalue weighted by atomic mass is 9.81. The fraction of sp³-hybridized carbons (Fsp3) is 0.304. The van der Waals surface area contributed by atoms with Crippen molar-refractivity contribution in [3.8, 4) is 0 Å². The van der Waals surface area contributed by atoms with E-state index in [0.717, 1.165) is 27.7 Å². The van der Waals surface area contributed by atoms with Crippen LogP contribution in [0.25, 0.3) is 10.9 Å². The summed E-state index contributed by atoms with van der Waals surface area (Å²) in [5.74, 6) is -0.0689. The summed E-state index contributed by atoms with van der Waals surface area (Å²) < 4.78 is 5.18. The highest BCUT2D eigenvalue weighted by Gasteiger charge is 2.48. The molecule has 3 heterocycles. The third-order valence-corrected chi connectivity index (χ3v) is 6.48. The molecular weight excluding hydrogens is 388 g/mol. The van der Waals surface area contributed by atoms with E-state index in [-0.39, 0.29) is 23.8 Å². The topological polar surface area (TPSA) is 62.4 Å². The standard InChI is InChI=1S/C23H21ClN2O3/c1-29-23(28)21-12-17-16-4-2-3-5-18(16)25-22(17)20-11-15(27)10-19(26(20)21)13-6-8-14(24)9-7-13/h2-9,19-21,25H,10-12H2,1H3/t19-,20+,21-/m0/s1. The Hall–Kier alpha value is -2.63. The summed E-state index contributed by atoms with van der Waals surface area (Å²) >= 11 is 6.07. The van der Waals surface area contributed by atoms with Crippen molar-refractivity contribution in [1.82, 2.24) is 9.88 Å². The number of hydrogen-bond acceptors (Lipinski definition) is 4. The molecule has 0 amide bonds. The zero-order valence-corrected chi connectivity index (χ0v) is 16.8. The smallest absolute Gasteiger partial charge is 0.323 e. The Bertz CT molecular complexity index is 1110. The van der Waals surface area contributed by atoms with Crippen LogP contribution < -0.4 is 0 Å². The number of benzene rings is 2. The van der Waals surface area contributed by atoms with Crippen molar-refractivity contribution in [1.29, 1.82) is 0 Å². The first-order chi connectivity index (χ1) is 14.1. The Morgan fingerprint density at radius 1 is 1.07 bits per heavy atom. The number of carbonyl (C=O) groups is 2. The van der Waals surface area contributed by atoms with Crippen molar-refractivity contribution < 1.29 is 14.3 Å². The highest BCUT2D eigenvalue weighted by atomic mass is 35.5. The predicted molar refractivity (Wildman–Crippen MR) is 111 cm³/mol. The monoisotopic (exact) mass is 408 g/mol. The summed E-state index contributed by atoms with van der Waals surface area (Å²) in [7, 11) is 1.43. The van der Waals surface area contributed by atoms with Crippen molar-refractivity contribution in [3.63, 3.8) is 0 Å². The number of piperidine rings is 1. The molecule has 0 unspecified atom stereocenters. The van der Waals surface area contributed by atoms with Gasteiger partial charge in [-0.15, -0.1) is 0 Å². The molecular formula is C23H21ClN2O3. The number of Topliss-reactive ketones (excluding diaryl/α,β-unsaturated/α-hetero) is 1. The van der Waals surface area contributed by atoms with Crippen LogP contribution in [-0.2, 0) is 20.7 Å². The highest BCUT2D eigenvalue weighted by Crippen LogP contribution is 2.47. The maximum absolute atomic E-state index is 12.8. The molecule has 5 rings (SSSR count). The Morgan fingerprint density at radius 3 is 2.55 bits per heavy atom. The van der Waals surface area contributed by atoms with Crippen LogP contribution >= 0.6 is 11.6 Å². The van der Waals surface area contributed by atoms with Gasteiger partial charge in [0.2, 0.25) is 0 Å². The summed E-state index contributed by atoms with van der Waals surface area (Å²) in [6.07, 6.45) is 1.32. The molecule has 2 aromatic carbocycles. The zero-order chi connectivity index (χ0) is 20.1. The highest BCUT2D eigenvalue weighted by molar-refractivity contribution is 6.30. The fourth-order valence-corrected chi connectivity index (χ4v) is 5.09. The van der Waals surface area contributed by atoms with Gasteiger partial charge in [0.25, 0.3) is 0 Å². The largest absolute Gasteiger partial charge is 0.468 e. The fourth-order valence-electron chi connectivity index (χ4n) is 4.97. The van der Waals surface area contributed by atoms with E-state index in [2.05, 4.69) is 16.0 Å². The number of hydrogen-bond donors (Lipinski definition) is 1. The predicted octanol–water partition coefficient (Wildman–Crippen LogP) is 4.37. The van der Waals surface area contributed by atoms with Crippen LogP contribution in [0.2, 0.25) is 5.02 Å². The van der Waals surface area contributed by atoms with Crippen LogP contribution in [0.1, 0.15) is 41.7 Å².